The highest BCUT2D eigenvalue weighted by Gasteiger charge is 2.43. The molecular formula is C9H8F4O9S3. The lowest BCUT2D eigenvalue weighted by molar-refractivity contribution is -0.147. The molecule has 0 heterocycles. The first-order valence-corrected chi connectivity index (χ1v) is 9.91. The van der Waals surface area contributed by atoms with Crippen molar-refractivity contribution >= 4 is 30.4 Å². The Morgan fingerprint density at radius 2 is 1.24 bits per heavy atom. The molecular weight excluding hydrogens is 424 g/mol. The lowest BCUT2D eigenvalue weighted by atomic mass is 10.4. The van der Waals surface area contributed by atoms with E-state index in [-0.39, 0.29) is 18.2 Å². The predicted octanol–water partition coefficient (Wildman–Crippen LogP) is 0.786. The van der Waals surface area contributed by atoms with Crippen LogP contribution in [-0.2, 0) is 34.5 Å². The lowest BCUT2D eigenvalue weighted by Crippen LogP contribution is -2.33. The number of benzene rings is 1. The monoisotopic (exact) mass is 432 g/mol. The van der Waals surface area contributed by atoms with Crippen LogP contribution in [0.15, 0.2) is 32.9 Å². The molecule has 2 N–H and O–H groups in total. The van der Waals surface area contributed by atoms with Crippen LogP contribution in [0, 0.1) is 0 Å². The van der Waals surface area contributed by atoms with E-state index in [4.69, 9.17) is 9.11 Å². The minimum atomic E-state index is -5.36. The highest BCUT2D eigenvalue weighted by atomic mass is 32.2. The Labute approximate surface area is 138 Å². The van der Waals surface area contributed by atoms with Crippen LogP contribution in [0.5, 0.6) is 0 Å². The summed E-state index contributed by atoms with van der Waals surface area (Å²) in [7, 11) is -15.7. The molecule has 1 aromatic rings. The van der Waals surface area contributed by atoms with Gasteiger partial charge in [-0.25, -0.2) is 8.78 Å². The molecule has 0 saturated heterocycles. The maximum absolute atomic E-state index is 12.7. The first-order valence-electron chi connectivity index (χ1n) is 5.62. The van der Waals surface area contributed by atoms with E-state index in [9.17, 15) is 42.8 Å². The van der Waals surface area contributed by atoms with Crippen molar-refractivity contribution in [3.8, 4) is 0 Å². The largest absolute Gasteiger partial charge is 0.331 e. The van der Waals surface area contributed by atoms with Crippen molar-refractivity contribution in [2.45, 2.75) is 27.0 Å². The summed E-state index contributed by atoms with van der Waals surface area (Å²) in [5, 5.41) is 0. The molecule has 1 rings (SSSR count). The first kappa shape index (κ1) is 21.7. The standard InChI is InChI=1S/C9H8F4O9S3/c10-8(11)9(12,13)4-22-25(20,21)7-2-5(23(14,15)16)1-6(3-7)24(17,18)19/h1-3,8H,4H2,(H,14,15,16)(H,17,18,19). The number of hydrogen-bond acceptors (Lipinski definition) is 7. The van der Waals surface area contributed by atoms with Gasteiger partial charge in [0.25, 0.3) is 30.4 Å². The molecule has 0 bridgehead atoms. The van der Waals surface area contributed by atoms with Crippen LogP contribution < -0.4 is 0 Å². The van der Waals surface area contributed by atoms with Gasteiger partial charge >= 0.3 is 12.3 Å². The molecule has 25 heavy (non-hydrogen) atoms. The molecule has 0 spiro atoms. The summed E-state index contributed by atoms with van der Waals surface area (Å²) in [6.07, 6.45) is -4.28. The number of halogens is 4. The third kappa shape index (κ3) is 5.58. The van der Waals surface area contributed by atoms with Gasteiger partial charge in [0.1, 0.15) is 6.61 Å². The molecule has 0 atom stereocenters. The highest BCUT2D eigenvalue weighted by Crippen LogP contribution is 2.27. The van der Waals surface area contributed by atoms with Crippen molar-refractivity contribution in [2.24, 2.45) is 0 Å². The van der Waals surface area contributed by atoms with E-state index in [1.165, 1.54) is 0 Å². The van der Waals surface area contributed by atoms with Gasteiger partial charge in [-0.1, -0.05) is 0 Å². The Bertz CT molecular complexity index is 917. The van der Waals surface area contributed by atoms with E-state index < -0.39 is 64.0 Å². The van der Waals surface area contributed by atoms with Gasteiger partial charge in [-0.2, -0.15) is 34.0 Å². The van der Waals surface area contributed by atoms with Crippen molar-refractivity contribution < 1.29 is 56.1 Å². The van der Waals surface area contributed by atoms with E-state index in [0.29, 0.717) is 0 Å². The Hall–Kier alpha value is -1.33. The van der Waals surface area contributed by atoms with Gasteiger partial charge in [0, 0.05) is 0 Å². The molecule has 0 aliphatic rings. The molecule has 0 aliphatic carbocycles. The summed E-state index contributed by atoms with van der Waals surface area (Å²) >= 11 is 0. The summed E-state index contributed by atoms with van der Waals surface area (Å²) in [6, 6.07) is 0.386. The van der Waals surface area contributed by atoms with Crippen molar-refractivity contribution in [3.63, 3.8) is 0 Å². The van der Waals surface area contributed by atoms with Crippen molar-refractivity contribution in [1.82, 2.24) is 0 Å². The molecule has 0 saturated carbocycles. The molecule has 1 aromatic carbocycles. The third-order valence-corrected chi connectivity index (χ3v) is 5.37. The molecule has 9 nitrogen and oxygen atoms in total. The number of rotatable bonds is 7. The fourth-order valence-corrected chi connectivity index (χ4v) is 3.59. The Morgan fingerprint density at radius 1 is 0.880 bits per heavy atom. The Kier molecular flexibility index (Phi) is 5.88. The molecule has 0 radical (unpaired) electrons. The summed E-state index contributed by atoms with van der Waals surface area (Å²) in [6.45, 7) is -2.33. The lowest BCUT2D eigenvalue weighted by Gasteiger charge is -2.15. The zero-order valence-corrected chi connectivity index (χ0v) is 14.0. The van der Waals surface area contributed by atoms with Gasteiger partial charge in [-0.05, 0) is 18.2 Å². The van der Waals surface area contributed by atoms with Crippen LogP contribution in [0.4, 0.5) is 17.6 Å². The summed E-state index contributed by atoms with van der Waals surface area (Å²) in [4.78, 5) is -4.09. The van der Waals surface area contributed by atoms with Crippen molar-refractivity contribution in [1.29, 1.82) is 0 Å². The number of alkyl halides is 4. The minimum Gasteiger partial charge on any atom is -0.282 e. The second-order valence-corrected chi connectivity index (χ2v) is 8.83. The second kappa shape index (κ2) is 6.76. The molecule has 0 unspecified atom stereocenters. The van der Waals surface area contributed by atoms with E-state index in [2.05, 4.69) is 4.18 Å². The van der Waals surface area contributed by atoms with Crippen LogP contribution in [0.2, 0.25) is 0 Å². The van der Waals surface area contributed by atoms with Crippen LogP contribution >= 0.6 is 0 Å². The van der Waals surface area contributed by atoms with Gasteiger partial charge in [-0.15, -0.1) is 0 Å². The van der Waals surface area contributed by atoms with E-state index in [0.717, 1.165) is 0 Å². The normalized spacial score (nSPS) is 14.0. The predicted molar refractivity (Wildman–Crippen MR) is 70.2 cm³/mol. The molecule has 0 fully saturated rings. The average Bonchev–Trinajstić information content (AvgIpc) is 2.43. The highest BCUT2D eigenvalue weighted by molar-refractivity contribution is 7.87. The smallest absolute Gasteiger partial charge is 0.282 e. The maximum atomic E-state index is 12.7. The van der Waals surface area contributed by atoms with E-state index in [1.54, 1.807) is 0 Å². The van der Waals surface area contributed by atoms with Gasteiger partial charge < -0.3 is 0 Å². The minimum absolute atomic E-state index is 0.111. The van der Waals surface area contributed by atoms with Crippen molar-refractivity contribution in [3.05, 3.63) is 18.2 Å². The molecule has 144 valence electrons. The topological polar surface area (TPSA) is 152 Å². The number of hydrogen-bond donors (Lipinski definition) is 2. The quantitative estimate of drug-likeness (QED) is 0.362. The van der Waals surface area contributed by atoms with Crippen LogP contribution in [0.1, 0.15) is 0 Å². The van der Waals surface area contributed by atoms with Gasteiger partial charge in [0.15, 0.2) is 0 Å². The fraction of sp³-hybridized carbons (Fsp3) is 0.333. The van der Waals surface area contributed by atoms with Crippen molar-refractivity contribution in [2.75, 3.05) is 6.61 Å². The zero-order valence-electron chi connectivity index (χ0n) is 11.5. The second-order valence-electron chi connectivity index (χ2n) is 4.37. The van der Waals surface area contributed by atoms with Crippen LogP contribution in [-0.4, -0.2) is 53.3 Å². The van der Waals surface area contributed by atoms with Gasteiger partial charge in [0.2, 0.25) is 0 Å². The third-order valence-electron chi connectivity index (χ3n) is 2.46. The molecule has 0 aromatic heterocycles. The van der Waals surface area contributed by atoms with E-state index >= 15 is 0 Å². The Balaban J connectivity index is 3.45. The van der Waals surface area contributed by atoms with Crippen LogP contribution in [0.25, 0.3) is 0 Å². The zero-order chi connectivity index (χ0) is 19.8. The molecule has 0 amide bonds. The molecule has 16 heteroatoms. The van der Waals surface area contributed by atoms with Gasteiger partial charge in [-0.3, -0.25) is 13.3 Å². The average molecular weight is 432 g/mol. The summed E-state index contributed by atoms with van der Waals surface area (Å²) < 4.78 is 138. The maximum Gasteiger partial charge on any atom is 0.331 e. The Morgan fingerprint density at radius 3 is 1.56 bits per heavy atom. The van der Waals surface area contributed by atoms with Crippen LogP contribution in [0.3, 0.4) is 0 Å². The van der Waals surface area contributed by atoms with Gasteiger partial charge in [0.05, 0.1) is 14.7 Å². The summed E-state index contributed by atoms with van der Waals surface area (Å²) in [5.41, 5.74) is 0. The molecule has 0 aliphatic heterocycles. The SMILES string of the molecule is O=S(=O)(O)c1cc(S(=O)(=O)O)cc(S(=O)(=O)OCC(F)(F)C(F)F)c1. The first-order chi connectivity index (χ1) is 11.0. The fourth-order valence-electron chi connectivity index (χ4n) is 1.28. The summed E-state index contributed by atoms with van der Waals surface area (Å²) in [5.74, 6) is -4.88. The van der Waals surface area contributed by atoms with E-state index in [1.807, 2.05) is 0 Å².